The molecule has 0 aromatic heterocycles. The Balaban J connectivity index is 1.89. The highest BCUT2D eigenvalue weighted by atomic mass is 79.9. The summed E-state index contributed by atoms with van der Waals surface area (Å²) in [6.07, 6.45) is 4.15. The summed E-state index contributed by atoms with van der Waals surface area (Å²) >= 11 is 7.40. The first-order valence-corrected chi connectivity index (χ1v) is 8.40. The molecule has 1 aromatic carbocycles. The third kappa shape index (κ3) is 2.54. The van der Waals surface area contributed by atoms with E-state index in [-0.39, 0.29) is 0 Å². The van der Waals surface area contributed by atoms with Crippen LogP contribution in [0.4, 0.5) is 0 Å². The molecule has 0 N–H and O–H groups in total. The molecule has 4 heteroatoms. The molecule has 2 aliphatic carbocycles. The third-order valence-electron chi connectivity index (χ3n) is 4.50. The van der Waals surface area contributed by atoms with Crippen molar-refractivity contribution >= 4 is 31.9 Å². The van der Waals surface area contributed by atoms with Crippen molar-refractivity contribution in [2.45, 2.75) is 24.1 Å². The lowest BCUT2D eigenvalue weighted by atomic mass is 9.94. The smallest absolute Gasteiger partial charge is 0.133 e. The Morgan fingerprint density at radius 2 is 1.68 bits per heavy atom. The number of benzene rings is 1. The van der Waals surface area contributed by atoms with Crippen molar-refractivity contribution in [1.82, 2.24) is 0 Å². The average molecular weight is 390 g/mol. The maximum absolute atomic E-state index is 5.53. The quantitative estimate of drug-likeness (QED) is 0.678. The molecule has 19 heavy (non-hydrogen) atoms. The number of rotatable bonds is 4. The number of ether oxygens (including phenoxy) is 2. The van der Waals surface area contributed by atoms with Gasteiger partial charge in [0, 0.05) is 10.4 Å². The van der Waals surface area contributed by atoms with Crippen molar-refractivity contribution < 1.29 is 9.47 Å². The maximum atomic E-state index is 5.53. The SMILES string of the molecule is COc1cc(C(Br)C2CC3CC3C2)c(OC)cc1Br. The maximum Gasteiger partial charge on any atom is 0.133 e. The van der Waals surface area contributed by atoms with E-state index in [0.717, 1.165) is 33.7 Å². The summed E-state index contributed by atoms with van der Waals surface area (Å²) in [5.74, 6) is 4.50. The molecule has 3 atom stereocenters. The van der Waals surface area contributed by atoms with Gasteiger partial charge in [0.25, 0.3) is 0 Å². The van der Waals surface area contributed by atoms with Crippen LogP contribution in [0.5, 0.6) is 11.5 Å². The topological polar surface area (TPSA) is 18.5 Å². The van der Waals surface area contributed by atoms with Crippen LogP contribution in [0.3, 0.4) is 0 Å². The van der Waals surface area contributed by atoms with Crippen LogP contribution in [-0.2, 0) is 0 Å². The van der Waals surface area contributed by atoms with Crippen LogP contribution >= 0.6 is 31.9 Å². The Bertz CT molecular complexity index is 479. The molecule has 0 amide bonds. The van der Waals surface area contributed by atoms with Gasteiger partial charge in [0.2, 0.25) is 0 Å². The molecule has 0 spiro atoms. The number of methoxy groups -OCH3 is 2. The molecular formula is C15H18Br2O2. The van der Waals surface area contributed by atoms with Crippen molar-refractivity contribution in [2.24, 2.45) is 17.8 Å². The monoisotopic (exact) mass is 388 g/mol. The second kappa shape index (κ2) is 5.28. The number of hydrogen-bond donors (Lipinski definition) is 0. The Morgan fingerprint density at radius 1 is 1.05 bits per heavy atom. The van der Waals surface area contributed by atoms with Crippen LogP contribution in [0.1, 0.15) is 29.7 Å². The molecule has 3 rings (SSSR count). The summed E-state index contributed by atoms with van der Waals surface area (Å²) in [6.45, 7) is 0. The average Bonchev–Trinajstić information content (AvgIpc) is 3.04. The van der Waals surface area contributed by atoms with Crippen LogP contribution in [0.25, 0.3) is 0 Å². The Kier molecular flexibility index (Phi) is 3.82. The van der Waals surface area contributed by atoms with Gasteiger partial charge in [-0.05, 0) is 65.1 Å². The van der Waals surface area contributed by atoms with Gasteiger partial charge in [0.05, 0.1) is 18.7 Å². The van der Waals surface area contributed by atoms with E-state index in [1.807, 2.05) is 6.07 Å². The van der Waals surface area contributed by atoms with Gasteiger partial charge in [-0.2, -0.15) is 0 Å². The van der Waals surface area contributed by atoms with E-state index in [4.69, 9.17) is 9.47 Å². The van der Waals surface area contributed by atoms with Crippen LogP contribution in [0.15, 0.2) is 16.6 Å². The second-order valence-corrected chi connectivity index (χ2v) is 7.46. The van der Waals surface area contributed by atoms with E-state index in [2.05, 4.69) is 37.9 Å². The molecule has 3 unspecified atom stereocenters. The highest BCUT2D eigenvalue weighted by Gasteiger charge is 2.48. The lowest BCUT2D eigenvalue weighted by Gasteiger charge is -2.22. The fourth-order valence-electron chi connectivity index (χ4n) is 3.35. The molecule has 104 valence electrons. The Morgan fingerprint density at radius 3 is 2.26 bits per heavy atom. The van der Waals surface area contributed by atoms with E-state index >= 15 is 0 Å². The zero-order valence-corrected chi connectivity index (χ0v) is 14.3. The lowest BCUT2D eigenvalue weighted by molar-refractivity contribution is 0.389. The van der Waals surface area contributed by atoms with Gasteiger partial charge in [-0.1, -0.05) is 15.9 Å². The molecule has 0 heterocycles. The fourth-order valence-corrected chi connectivity index (χ4v) is 4.63. The molecule has 2 fully saturated rings. The third-order valence-corrected chi connectivity index (χ3v) is 6.36. The van der Waals surface area contributed by atoms with Crippen molar-refractivity contribution in [2.75, 3.05) is 14.2 Å². The molecule has 2 aliphatic rings. The molecule has 0 radical (unpaired) electrons. The Hall–Kier alpha value is -0.220. The number of alkyl halides is 1. The summed E-state index contributed by atoms with van der Waals surface area (Å²) in [5, 5.41) is 0. The van der Waals surface area contributed by atoms with Gasteiger partial charge in [-0.15, -0.1) is 0 Å². The highest BCUT2D eigenvalue weighted by molar-refractivity contribution is 9.10. The zero-order valence-electron chi connectivity index (χ0n) is 11.2. The molecule has 0 aliphatic heterocycles. The standard InChI is InChI=1S/C15H18Br2O2/c1-18-13-7-12(16)14(19-2)6-11(13)15(17)10-4-8-3-9(8)5-10/h6-10,15H,3-5H2,1-2H3. The van der Waals surface area contributed by atoms with Gasteiger partial charge in [0.1, 0.15) is 11.5 Å². The predicted molar refractivity (Wildman–Crippen MR) is 83.2 cm³/mol. The molecule has 0 saturated heterocycles. The van der Waals surface area contributed by atoms with Crippen LogP contribution in [0, 0.1) is 17.8 Å². The molecular weight excluding hydrogens is 372 g/mol. The van der Waals surface area contributed by atoms with Crippen LogP contribution < -0.4 is 9.47 Å². The van der Waals surface area contributed by atoms with Crippen molar-refractivity contribution in [3.05, 3.63) is 22.2 Å². The van der Waals surface area contributed by atoms with E-state index in [0.29, 0.717) is 4.83 Å². The minimum atomic E-state index is 0.359. The number of hydrogen-bond acceptors (Lipinski definition) is 2. The molecule has 0 bridgehead atoms. The summed E-state index contributed by atoms with van der Waals surface area (Å²) in [7, 11) is 3.42. The first-order chi connectivity index (χ1) is 9.13. The van der Waals surface area contributed by atoms with E-state index in [1.165, 1.54) is 24.8 Å². The second-order valence-electron chi connectivity index (χ2n) is 5.62. The zero-order chi connectivity index (χ0) is 13.6. The van der Waals surface area contributed by atoms with E-state index in [9.17, 15) is 0 Å². The predicted octanol–water partition coefficient (Wildman–Crippen LogP) is 4.95. The summed E-state index contributed by atoms with van der Waals surface area (Å²) in [4.78, 5) is 0.359. The minimum Gasteiger partial charge on any atom is -0.496 e. The van der Waals surface area contributed by atoms with Gasteiger partial charge in [0.15, 0.2) is 0 Å². The van der Waals surface area contributed by atoms with Crippen molar-refractivity contribution in [3.63, 3.8) is 0 Å². The van der Waals surface area contributed by atoms with E-state index < -0.39 is 0 Å². The highest BCUT2D eigenvalue weighted by Crippen LogP contribution is 2.59. The summed E-state index contributed by atoms with van der Waals surface area (Å²) in [6, 6.07) is 4.09. The van der Waals surface area contributed by atoms with E-state index in [1.54, 1.807) is 14.2 Å². The fraction of sp³-hybridized carbons (Fsp3) is 0.600. The van der Waals surface area contributed by atoms with Gasteiger partial charge in [-0.25, -0.2) is 0 Å². The Labute approximate surface area is 131 Å². The summed E-state index contributed by atoms with van der Waals surface area (Å²) in [5.41, 5.74) is 1.20. The van der Waals surface area contributed by atoms with Gasteiger partial charge >= 0.3 is 0 Å². The van der Waals surface area contributed by atoms with Crippen LogP contribution in [-0.4, -0.2) is 14.2 Å². The number of halogens is 2. The normalized spacial score (nSPS) is 29.8. The molecule has 1 aromatic rings. The van der Waals surface area contributed by atoms with Crippen LogP contribution in [0.2, 0.25) is 0 Å². The van der Waals surface area contributed by atoms with Crippen molar-refractivity contribution in [3.8, 4) is 11.5 Å². The minimum absolute atomic E-state index is 0.359. The molecule has 2 nitrogen and oxygen atoms in total. The van der Waals surface area contributed by atoms with Crippen molar-refractivity contribution in [1.29, 1.82) is 0 Å². The van der Waals surface area contributed by atoms with Gasteiger partial charge in [-0.3, -0.25) is 0 Å². The first kappa shape index (κ1) is 13.7. The number of fused-ring (bicyclic) bond motifs is 1. The lowest BCUT2D eigenvalue weighted by Crippen LogP contribution is -2.07. The first-order valence-electron chi connectivity index (χ1n) is 6.69. The summed E-state index contributed by atoms with van der Waals surface area (Å²) < 4.78 is 11.9. The van der Waals surface area contributed by atoms with Gasteiger partial charge < -0.3 is 9.47 Å². The largest absolute Gasteiger partial charge is 0.496 e. The molecule has 2 saturated carbocycles.